The zero-order valence-corrected chi connectivity index (χ0v) is 11.2. The fraction of sp³-hybridized carbons (Fsp3) is 0.125. The molecule has 0 unspecified atom stereocenters. The number of aromatic nitrogens is 1. The first-order valence-corrected chi connectivity index (χ1v) is 6.27. The van der Waals surface area contributed by atoms with Gasteiger partial charge in [0.1, 0.15) is 5.75 Å². The molecule has 0 saturated carbocycles. The van der Waals surface area contributed by atoms with Crippen LogP contribution in [0.1, 0.15) is 15.9 Å². The van der Waals surface area contributed by atoms with Crippen LogP contribution in [0.3, 0.4) is 0 Å². The number of hydrogen-bond donors (Lipinski definition) is 1. The molecule has 1 aromatic carbocycles. The van der Waals surface area contributed by atoms with Crippen molar-refractivity contribution >= 4 is 5.78 Å². The van der Waals surface area contributed by atoms with Crippen molar-refractivity contribution in [3.63, 3.8) is 0 Å². The zero-order valence-electron chi connectivity index (χ0n) is 11.2. The van der Waals surface area contributed by atoms with Gasteiger partial charge in [-0.1, -0.05) is 6.07 Å². The zero-order chi connectivity index (χ0) is 14.2. The van der Waals surface area contributed by atoms with Crippen LogP contribution in [0.15, 0.2) is 61.1 Å². The van der Waals surface area contributed by atoms with Gasteiger partial charge in [-0.15, -0.1) is 0 Å². The molecular weight excluding hydrogens is 252 g/mol. The summed E-state index contributed by atoms with van der Waals surface area (Å²) >= 11 is 0. The molecule has 0 spiro atoms. The summed E-state index contributed by atoms with van der Waals surface area (Å²) in [6.45, 7) is 0.639. The fourth-order valence-electron chi connectivity index (χ4n) is 1.67. The van der Waals surface area contributed by atoms with Crippen LogP contribution in [-0.4, -0.2) is 17.9 Å². The second kappa shape index (κ2) is 7.09. The van der Waals surface area contributed by atoms with Crippen LogP contribution in [-0.2, 0) is 6.54 Å². The maximum atomic E-state index is 11.9. The van der Waals surface area contributed by atoms with Crippen molar-refractivity contribution in [1.82, 2.24) is 10.3 Å². The molecule has 4 heteroatoms. The van der Waals surface area contributed by atoms with Crippen molar-refractivity contribution in [3.8, 4) is 5.75 Å². The average Bonchev–Trinajstić information content (AvgIpc) is 2.52. The molecule has 0 aliphatic carbocycles. The van der Waals surface area contributed by atoms with Crippen molar-refractivity contribution < 1.29 is 9.53 Å². The van der Waals surface area contributed by atoms with Gasteiger partial charge in [0.2, 0.25) is 0 Å². The van der Waals surface area contributed by atoms with Crippen molar-refractivity contribution in [3.05, 3.63) is 72.2 Å². The smallest absolute Gasteiger partial charge is 0.187 e. The molecule has 0 atom stereocenters. The summed E-state index contributed by atoms with van der Waals surface area (Å²) in [5.74, 6) is 0.687. The predicted octanol–water partition coefficient (Wildman–Crippen LogP) is 2.58. The van der Waals surface area contributed by atoms with Gasteiger partial charge in [0, 0.05) is 36.8 Å². The lowest BCUT2D eigenvalue weighted by Gasteiger charge is -2.01. The molecule has 0 fully saturated rings. The minimum atomic E-state index is -0.0497. The highest BCUT2D eigenvalue weighted by atomic mass is 16.5. The summed E-state index contributed by atoms with van der Waals surface area (Å²) < 4.78 is 5.05. The van der Waals surface area contributed by atoms with E-state index in [4.69, 9.17) is 4.74 Å². The Hall–Kier alpha value is -2.62. The summed E-state index contributed by atoms with van der Waals surface area (Å²) in [5.41, 5.74) is 1.69. The van der Waals surface area contributed by atoms with Gasteiger partial charge in [-0.25, -0.2) is 0 Å². The monoisotopic (exact) mass is 268 g/mol. The summed E-state index contributed by atoms with van der Waals surface area (Å²) in [6, 6.07) is 10.9. The number of hydrogen-bond acceptors (Lipinski definition) is 4. The van der Waals surface area contributed by atoms with Crippen molar-refractivity contribution in [2.24, 2.45) is 0 Å². The summed E-state index contributed by atoms with van der Waals surface area (Å²) in [4.78, 5) is 15.9. The number of carbonyl (C=O) groups is 1. The molecule has 4 nitrogen and oxygen atoms in total. The predicted molar refractivity (Wildman–Crippen MR) is 77.5 cm³/mol. The van der Waals surface area contributed by atoms with Gasteiger partial charge >= 0.3 is 0 Å². The van der Waals surface area contributed by atoms with Crippen LogP contribution in [0.4, 0.5) is 0 Å². The Morgan fingerprint density at radius 1 is 1.30 bits per heavy atom. The first-order chi connectivity index (χ1) is 9.79. The van der Waals surface area contributed by atoms with Crippen molar-refractivity contribution in [2.75, 3.05) is 7.11 Å². The van der Waals surface area contributed by atoms with E-state index in [1.165, 1.54) is 6.08 Å². The third-order valence-corrected chi connectivity index (χ3v) is 2.76. The molecule has 1 heterocycles. The molecule has 1 aromatic heterocycles. The molecule has 0 bridgehead atoms. The van der Waals surface area contributed by atoms with Crippen molar-refractivity contribution in [2.45, 2.75) is 6.54 Å². The minimum Gasteiger partial charge on any atom is -0.497 e. The van der Waals surface area contributed by atoms with Gasteiger partial charge in [0.15, 0.2) is 5.78 Å². The fourth-order valence-corrected chi connectivity index (χ4v) is 1.67. The lowest BCUT2D eigenvalue weighted by atomic mass is 10.1. The van der Waals surface area contributed by atoms with Crippen LogP contribution in [0.25, 0.3) is 0 Å². The molecule has 2 aromatic rings. The number of carbonyl (C=O) groups excluding carboxylic acids is 1. The molecule has 102 valence electrons. The van der Waals surface area contributed by atoms with Crippen LogP contribution in [0.5, 0.6) is 5.75 Å². The van der Waals surface area contributed by atoms with Gasteiger partial charge in [0.05, 0.1) is 7.11 Å². The number of allylic oxidation sites excluding steroid dienone is 1. The highest BCUT2D eigenvalue weighted by Gasteiger charge is 2.01. The van der Waals surface area contributed by atoms with Gasteiger partial charge in [0.25, 0.3) is 0 Å². The van der Waals surface area contributed by atoms with E-state index in [1.54, 1.807) is 50.0 Å². The van der Waals surface area contributed by atoms with Crippen LogP contribution >= 0.6 is 0 Å². The Bertz CT molecular complexity index is 577. The Labute approximate surface area is 118 Å². The first kappa shape index (κ1) is 13.8. The Kier molecular flexibility index (Phi) is 4.89. The van der Waals surface area contributed by atoms with E-state index in [0.717, 1.165) is 11.3 Å². The third kappa shape index (κ3) is 3.95. The van der Waals surface area contributed by atoms with Gasteiger partial charge in [-0.3, -0.25) is 9.78 Å². The highest BCUT2D eigenvalue weighted by Crippen LogP contribution is 2.11. The Morgan fingerprint density at radius 3 is 2.75 bits per heavy atom. The van der Waals surface area contributed by atoms with E-state index in [0.29, 0.717) is 12.1 Å². The number of rotatable bonds is 6. The van der Waals surface area contributed by atoms with E-state index >= 15 is 0 Å². The molecule has 1 N–H and O–H groups in total. The number of ether oxygens (including phenoxy) is 1. The summed E-state index contributed by atoms with van der Waals surface area (Å²) in [7, 11) is 1.60. The van der Waals surface area contributed by atoms with Gasteiger partial charge < -0.3 is 10.1 Å². The lowest BCUT2D eigenvalue weighted by Crippen LogP contribution is -2.06. The SMILES string of the molecule is COc1ccc(C(=O)/C=C/NCc2cccnc2)cc1. The molecule has 2 rings (SSSR count). The third-order valence-electron chi connectivity index (χ3n) is 2.76. The van der Waals surface area contributed by atoms with Crippen LogP contribution < -0.4 is 10.1 Å². The van der Waals surface area contributed by atoms with E-state index < -0.39 is 0 Å². The molecule has 0 aliphatic rings. The average molecular weight is 268 g/mol. The number of methoxy groups -OCH3 is 1. The molecule has 0 aliphatic heterocycles. The number of nitrogens with zero attached hydrogens (tertiary/aromatic N) is 1. The van der Waals surface area contributed by atoms with E-state index in [9.17, 15) is 4.79 Å². The minimum absolute atomic E-state index is 0.0497. The summed E-state index contributed by atoms with van der Waals surface area (Å²) in [6.07, 6.45) is 6.68. The van der Waals surface area contributed by atoms with E-state index in [2.05, 4.69) is 10.3 Å². The molecule has 20 heavy (non-hydrogen) atoms. The standard InChI is InChI=1S/C16H16N2O2/c1-20-15-6-4-14(5-7-15)16(19)8-10-18-12-13-3-2-9-17-11-13/h2-11,18H,12H2,1H3/b10-8+. The Balaban J connectivity index is 1.85. The number of benzene rings is 1. The molecule has 0 saturated heterocycles. The number of nitrogens with one attached hydrogen (secondary N) is 1. The van der Waals surface area contributed by atoms with Crippen LogP contribution in [0.2, 0.25) is 0 Å². The van der Waals surface area contributed by atoms with Crippen LogP contribution in [0, 0.1) is 0 Å². The van der Waals surface area contributed by atoms with Gasteiger partial charge in [-0.2, -0.15) is 0 Å². The quantitative estimate of drug-likeness (QED) is 0.646. The number of ketones is 1. The van der Waals surface area contributed by atoms with Gasteiger partial charge in [-0.05, 0) is 35.9 Å². The largest absolute Gasteiger partial charge is 0.497 e. The normalized spacial score (nSPS) is 10.4. The molecule has 0 radical (unpaired) electrons. The maximum absolute atomic E-state index is 11.9. The lowest BCUT2D eigenvalue weighted by molar-refractivity contribution is 0.104. The van der Waals surface area contributed by atoms with Crippen molar-refractivity contribution in [1.29, 1.82) is 0 Å². The summed E-state index contributed by atoms with van der Waals surface area (Å²) in [5, 5.41) is 3.06. The second-order valence-electron chi connectivity index (χ2n) is 4.17. The number of pyridine rings is 1. The molecular formula is C16H16N2O2. The second-order valence-corrected chi connectivity index (χ2v) is 4.17. The molecule has 0 amide bonds. The highest BCUT2D eigenvalue weighted by molar-refractivity contribution is 6.04. The maximum Gasteiger partial charge on any atom is 0.187 e. The Morgan fingerprint density at radius 2 is 2.10 bits per heavy atom. The van der Waals surface area contributed by atoms with E-state index in [-0.39, 0.29) is 5.78 Å². The first-order valence-electron chi connectivity index (χ1n) is 6.27. The topological polar surface area (TPSA) is 51.2 Å². The van der Waals surface area contributed by atoms with E-state index in [1.807, 2.05) is 12.1 Å².